The van der Waals surface area contributed by atoms with Gasteiger partial charge in [-0.25, -0.2) is 8.42 Å². The normalized spacial score (nSPS) is 17.1. The van der Waals surface area contributed by atoms with E-state index in [4.69, 9.17) is 4.98 Å². The minimum atomic E-state index is -3.07. The Bertz CT molecular complexity index is 1130. The highest BCUT2D eigenvalue weighted by Gasteiger charge is 2.25. The number of aromatic nitrogens is 1. The van der Waals surface area contributed by atoms with Crippen LogP contribution in [0.3, 0.4) is 0 Å². The third kappa shape index (κ3) is 8.12. The van der Waals surface area contributed by atoms with E-state index < -0.39 is 10.0 Å². The molecule has 1 aliphatic heterocycles. The number of likely N-dealkylation sites (tertiary alicyclic amines) is 1. The van der Waals surface area contributed by atoms with Crippen LogP contribution >= 0.6 is 0 Å². The summed E-state index contributed by atoms with van der Waals surface area (Å²) in [4.78, 5) is 7.33. The van der Waals surface area contributed by atoms with Gasteiger partial charge in [-0.2, -0.15) is 0 Å². The summed E-state index contributed by atoms with van der Waals surface area (Å²) in [5.74, 6) is 0. The van der Waals surface area contributed by atoms with Crippen LogP contribution in [0.25, 0.3) is 17.2 Å². The molecule has 34 heavy (non-hydrogen) atoms. The summed E-state index contributed by atoms with van der Waals surface area (Å²) in [5, 5.41) is 0. The molecule has 1 aromatic heterocycles. The second kappa shape index (κ2) is 13.1. The highest BCUT2D eigenvalue weighted by Crippen LogP contribution is 2.34. The molecule has 4 rings (SSSR count). The van der Waals surface area contributed by atoms with Gasteiger partial charge in [0.15, 0.2) is 0 Å². The number of rotatable bonds is 5. The fourth-order valence-electron chi connectivity index (χ4n) is 3.93. The largest absolute Gasteiger partial charge is 0.293 e. The van der Waals surface area contributed by atoms with Crippen molar-refractivity contribution in [1.82, 2.24) is 14.6 Å². The number of hydrogen-bond donors (Lipinski definition) is 1. The lowest BCUT2D eigenvalue weighted by molar-refractivity contribution is 0.287. The Morgan fingerprint density at radius 1 is 1.12 bits per heavy atom. The number of allylic oxidation sites excluding steroid dienone is 4. The van der Waals surface area contributed by atoms with E-state index in [-0.39, 0.29) is 6.04 Å². The van der Waals surface area contributed by atoms with Gasteiger partial charge in [0, 0.05) is 17.5 Å². The monoisotopic (exact) mass is 479 g/mol. The maximum atomic E-state index is 10.3. The van der Waals surface area contributed by atoms with E-state index in [0.29, 0.717) is 5.70 Å². The van der Waals surface area contributed by atoms with Crippen molar-refractivity contribution in [3.8, 4) is 11.1 Å². The van der Waals surface area contributed by atoms with E-state index in [1.165, 1.54) is 35.1 Å². The summed E-state index contributed by atoms with van der Waals surface area (Å²) < 4.78 is 22.7. The van der Waals surface area contributed by atoms with Gasteiger partial charge in [0.05, 0.1) is 18.0 Å². The summed E-state index contributed by atoms with van der Waals surface area (Å²) in [7, 11) is -3.07. The van der Waals surface area contributed by atoms with Crippen LogP contribution in [0.4, 0.5) is 0 Å². The van der Waals surface area contributed by atoms with E-state index in [2.05, 4.69) is 77.4 Å². The fourth-order valence-corrected chi connectivity index (χ4v) is 4.57. The van der Waals surface area contributed by atoms with Crippen LogP contribution < -0.4 is 4.72 Å². The number of nitrogens with one attached hydrogen (secondary N) is 1. The first-order valence-corrected chi connectivity index (χ1v) is 13.6. The quantitative estimate of drug-likeness (QED) is 0.561. The lowest BCUT2D eigenvalue weighted by Crippen LogP contribution is -2.25. The van der Waals surface area contributed by atoms with E-state index in [1.807, 2.05) is 26.1 Å². The molecule has 182 valence electrons. The van der Waals surface area contributed by atoms with E-state index in [0.717, 1.165) is 25.0 Å². The molecule has 2 heterocycles. The minimum Gasteiger partial charge on any atom is -0.293 e. The molecule has 5 nitrogen and oxygen atoms in total. The van der Waals surface area contributed by atoms with Crippen LogP contribution in [0.2, 0.25) is 0 Å². The fraction of sp³-hybridized carbons (Fsp3) is 0.321. The molecule has 6 heteroatoms. The third-order valence-corrected chi connectivity index (χ3v) is 6.01. The first kappa shape index (κ1) is 27.3. The van der Waals surface area contributed by atoms with Crippen LogP contribution in [-0.4, -0.2) is 37.6 Å². The van der Waals surface area contributed by atoms with Crippen molar-refractivity contribution in [2.75, 3.05) is 19.3 Å². The molecule has 2 aliphatic rings. The molecule has 0 saturated carbocycles. The number of fused-ring (bicyclic) bond motifs is 1. The van der Waals surface area contributed by atoms with Gasteiger partial charge in [-0.1, -0.05) is 75.6 Å². The van der Waals surface area contributed by atoms with Gasteiger partial charge in [0.1, 0.15) is 0 Å². The Morgan fingerprint density at radius 3 is 2.29 bits per heavy atom. The molecule has 1 atom stereocenters. The molecule has 2 aromatic rings. The van der Waals surface area contributed by atoms with Crippen molar-refractivity contribution in [2.24, 2.45) is 0 Å². The molecule has 1 saturated heterocycles. The molecule has 0 spiro atoms. The zero-order valence-electron chi connectivity index (χ0n) is 20.8. The van der Waals surface area contributed by atoms with Crippen molar-refractivity contribution < 1.29 is 8.42 Å². The lowest BCUT2D eigenvalue weighted by atomic mass is 9.98. The number of benzene rings is 1. The highest BCUT2D eigenvalue weighted by atomic mass is 32.2. The first-order valence-electron chi connectivity index (χ1n) is 11.7. The number of pyridine rings is 1. The third-order valence-electron chi connectivity index (χ3n) is 5.29. The van der Waals surface area contributed by atoms with Gasteiger partial charge in [-0.15, -0.1) is 0 Å². The summed E-state index contributed by atoms with van der Waals surface area (Å²) in [6, 6.07) is 13.1. The molecule has 1 N–H and O–H groups in total. The minimum absolute atomic E-state index is 0.279. The van der Waals surface area contributed by atoms with Gasteiger partial charge in [0.25, 0.3) is 0 Å². The van der Waals surface area contributed by atoms with Crippen LogP contribution in [-0.2, 0) is 10.0 Å². The Hall–Kier alpha value is -2.96. The van der Waals surface area contributed by atoms with Crippen molar-refractivity contribution in [3.63, 3.8) is 0 Å². The average molecular weight is 480 g/mol. The molecular weight excluding hydrogens is 442 g/mol. The first-order chi connectivity index (χ1) is 16.3. The lowest BCUT2D eigenvalue weighted by Gasteiger charge is -2.26. The summed E-state index contributed by atoms with van der Waals surface area (Å²) in [6.45, 7) is 15.2. The maximum absolute atomic E-state index is 10.3. The Labute approximate surface area is 205 Å². The second-order valence-corrected chi connectivity index (χ2v) is 9.86. The molecule has 1 fully saturated rings. The van der Waals surface area contributed by atoms with Crippen molar-refractivity contribution >= 4 is 16.1 Å². The zero-order valence-corrected chi connectivity index (χ0v) is 21.6. The standard InChI is InChI=1S/C22H22N2.C4H9NO2S.C2H6/c1-2-17-10-11-21-20(22(14-17)24-12-6-7-13-24)15-19(16-23-21)18-8-4-3-5-9-18;1-4(2)5-8(3,6)7;1-2/h2-5,8-11,14-16,22H,1,6-7,12-13H2;5H,1H2,2-3H3;1-2H3. The second-order valence-electron chi connectivity index (χ2n) is 8.11. The zero-order chi connectivity index (χ0) is 25.1. The Kier molecular flexibility index (Phi) is 10.5. The number of nitrogens with zero attached hydrogens (tertiary/aromatic N) is 2. The van der Waals surface area contributed by atoms with Crippen LogP contribution in [0, 0.1) is 0 Å². The summed E-state index contributed by atoms with van der Waals surface area (Å²) in [6.07, 6.45) is 14.1. The predicted molar refractivity (Wildman–Crippen MR) is 145 cm³/mol. The average Bonchev–Trinajstić information content (AvgIpc) is 3.28. The number of hydrogen-bond acceptors (Lipinski definition) is 4. The molecule has 0 radical (unpaired) electrons. The van der Waals surface area contributed by atoms with Gasteiger partial charge >= 0.3 is 0 Å². The molecule has 1 aliphatic carbocycles. The van der Waals surface area contributed by atoms with Crippen LogP contribution in [0.5, 0.6) is 0 Å². The Balaban J connectivity index is 0.000000350. The smallest absolute Gasteiger partial charge is 0.229 e. The van der Waals surface area contributed by atoms with Gasteiger partial charge in [-0.3, -0.25) is 14.6 Å². The van der Waals surface area contributed by atoms with E-state index in [1.54, 1.807) is 6.92 Å². The molecule has 1 aromatic carbocycles. The van der Waals surface area contributed by atoms with E-state index in [9.17, 15) is 8.42 Å². The van der Waals surface area contributed by atoms with Crippen molar-refractivity contribution in [3.05, 3.63) is 96.5 Å². The van der Waals surface area contributed by atoms with Gasteiger partial charge in [-0.05, 0) is 61.7 Å². The van der Waals surface area contributed by atoms with Crippen molar-refractivity contribution in [2.45, 2.75) is 39.7 Å². The highest BCUT2D eigenvalue weighted by molar-refractivity contribution is 7.88. The van der Waals surface area contributed by atoms with Gasteiger partial charge in [0.2, 0.25) is 10.0 Å². The Morgan fingerprint density at radius 2 is 1.76 bits per heavy atom. The molecule has 0 bridgehead atoms. The summed E-state index contributed by atoms with van der Waals surface area (Å²) in [5.41, 5.74) is 6.38. The topological polar surface area (TPSA) is 62.3 Å². The van der Waals surface area contributed by atoms with E-state index >= 15 is 0 Å². The molecule has 0 amide bonds. The summed E-state index contributed by atoms with van der Waals surface area (Å²) >= 11 is 0. The molecule has 1 unspecified atom stereocenters. The predicted octanol–water partition coefficient (Wildman–Crippen LogP) is 6.12. The van der Waals surface area contributed by atoms with Crippen LogP contribution in [0.15, 0.2) is 85.3 Å². The van der Waals surface area contributed by atoms with Gasteiger partial charge < -0.3 is 0 Å². The molecular formula is C28H37N3O2S. The van der Waals surface area contributed by atoms with Crippen molar-refractivity contribution in [1.29, 1.82) is 0 Å². The maximum Gasteiger partial charge on any atom is 0.229 e. The number of sulfonamides is 1. The van der Waals surface area contributed by atoms with Crippen LogP contribution in [0.1, 0.15) is 50.9 Å². The SMILES string of the molecule is C=C(C)NS(C)(=O)=O.C=CC1=CC(N2CCCC2)c2cc(-c3ccccc3)cnc2C=C1.CC.